The topological polar surface area (TPSA) is 50.8 Å². The first-order chi connectivity index (χ1) is 13.7. The van der Waals surface area contributed by atoms with Crippen LogP contribution in [0.4, 0.5) is 0 Å². The molecule has 2 aliphatic heterocycles. The molecule has 0 spiro atoms. The van der Waals surface area contributed by atoms with Crippen LogP contribution in [0.1, 0.15) is 29.5 Å². The maximum atomic E-state index is 12.7. The van der Waals surface area contributed by atoms with E-state index in [1.165, 1.54) is 31.5 Å². The summed E-state index contributed by atoms with van der Waals surface area (Å²) in [6, 6.07) is 14.4. The van der Waals surface area contributed by atoms with Gasteiger partial charge in [0.15, 0.2) is 11.5 Å². The molecule has 148 valence electrons. The third kappa shape index (κ3) is 4.30. The van der Waals surface area contributed by atoms with Gasteiger partial charge in [-0.3, -0.25) is 9.69 Å². The van der Waals surface area contributed by atoms with Crippen molar-refractivity contribution in [2.45, 2.75) is 32.4 Å². The average Bonchev–Trinajstić information content (AvgIpc) is 3.24. The maximum Gasteiger partial charge on any atom is 0.227 e. The number of nitrogens with one attached hydrogen (secondary N) is 1. The predicted octanol–water partition coefficient (Wildman–Crippen LogP) is 3.16. The molecular weight excluding hydrogens is 352 g/mol. The van der Waals surface area contributed by atoms with Gasteiger partial charge in [-0.2, -0.15) is 0 Å². The molecule has 1 saturated heterocycles. The van der Waals surface area contributed by atoms with Crippen LogP contribution in [0.3, 0.4) is 0 Å². The molecule has 0 aromatic heterocycles. The summed E-state index contributed by atoms with van der Waals surface area (Å²) < 4.78 is 11.2. The lowest BCUT2D eigenvalue weighted by molar-refractivity contribution is -0.126. The van der Waals surface area contributed by atoms with Gasteiger partial charge in [-0.05, 0) is 55.1 Å². The number of benzene rings is 2. The molecule has 1 N–H and O–H groups in total. The van der Waals surface area contributed by atoms with Crippen molar-refractivity contribution >= 4 is 5.91 Å². The SMILES string of the molecule is COc1cccc2c1OCC(C(=O)NCc1cccc(CN3CCCC3)c1)C2. The Kier molecular flexibility index (Phi) is 5.81. The third-order valence-electron chi connectivity index (χ3n) is 5.61. The normalized spacial score (nSPS) is 19.0. The van der Waals surface area contributed by atoms with Crippen LogP contribution in [0.25, 0.3) is 0 Å². The van der Waals surface area contributed by atoms with Gasteiger partial charge in [-0.1, -0.05) is 36.4 Å². The number of hydrogen-bond donors (Lipinski definition) is 1. The van der Waals surface area contributed by atoms with Gasteiger partial charge in [0.2, 0.25) is 5.91 Å². The Hall–Kier alpha value is -2.53. The van der Waals surface area contributed by atoms with Gasteiger partial charge in [-0.25, -0.2) is 0 Å². The largest absolute Gasteiger partial charge is 0.493 e. The van der Waals surface area contributed by atoms with Gasteiger partial charge in [-0.15, -0.1) is 0 Å². The van der Waals surface area contributed by atoms with Gasteiger partial charge in [0.25, 0.3) is 0 Å². The van der Waals surface area contributed by atoms with E-state index in [2.05, 4.69) is 34.5 Å². The zero-order chi connectivity index (χ0) is 19.3. The highest BCUT2D eigenvalue weighted by Crippen LogP contribution is 2.36. The second kappa shape index (κ2) is 8.65. The molecule has 1 amide bonds. The fraction of sp³-hybridized carbons (Fsp3) is 0.435. The molecule has 2 heterocycles. The van der Waals surface area contributed by atoms with Gasteiger partial charge < -0.3 is 14.8 Å². The van der Waals surface area contributed by atoms with E-state index in [1.807, 2.05) is 18.2 Å². The smallest absolute Gasteiger partial charge is 0.227 e. The average molecular weight is 380 g/mol. The number of rotatable bonds is 6. The van der Waals surface area contributed by atoms with Crippen LogP contribution in [-0.2, 0) is 24.3 Å². The van der Waals surface area contributed by atoms with Crippen molar-refractivity contribution in [1.29, 1.82) is 0 Å². The number of carbonyl (C=O) groups is 1. The lowest BCUT2D eigenvalue weighted by Crippen LogP contribution is -2.37. The molecule has 2 aromatic carbocycles. The zero-order valence-corrected chi connectivity index (χ0v) is 16.4. The molecule has 0 saturated carbocycles. The van der Waals surface area contributed by atoms with E-state index in [0.717, 1.165) is 29.2 Å². The zero-order valence-electron chi connectivity index (χ0n) is 16.4. The Bertz CT molecular complexity index is 830. The highest BCUT2D eigenvalue weighted by atomic mass is 16.5. The first-order valence-corrected chi connectivity index (χ1v) is 10.1. The lowest BCUT2D eigenvalue weighted by Gasteiger charge is -2.25. The predicted molar refractivity (Wildman–Crippen MR) is 108 cm³/mol. The van der Waals surface area contributed by atoms with Crippen LogP contribution in [0.2, 0.25) is 0 Å². The number of methoxy groups -OCH3 is 1. The van der Waals surface area contributed by atoms with E-state index in [1.54, 1.807) is 7.11 Å². The fourth-order valence-electron chi connectivity index (χ4n) is 4.09. The Morgan fingerprint density at radius 3 is 2.79 bits per heavy atom. The van der Waals surface area contributed by atoms with E-state index in [4.69, 9.17) is 9.47 Å². The van der Waals surface area contributed by atoms with Gasteiger partial charge in [0.1, 0.15) is 6.61 Å². The minimum Gasteiger partial charge on any atom is -0.493 e. The summed E-state index contributed by atoms with van der Waals surface area (Å²) in [5, 5.41) is 3.09. The van der Waals surface area contributed by atoms with Crippen molar-refractivity contribution in [3.05, 3.63) is 59.2 Å². The van der Waals surface area contributed by atoms with E-state index in [0.29, 0.717) is 19.6 Å². The van der Waals surface area contributed by atoms with E-state index in [-0.39, 0.29) is 11.8 Å². The molecule has 1 atom stereocenters. The molecule has 0 aliphatic carbocycles. The minimum atomic E-state index is -0.174. The molecule has 4 rings (SSSR count). The molecule has 0 radical (unpaired) electrons. The third-order valence-corrected chi connectivity index (χ3v) is 5.61. The summed E-state index contributed by atoms with van der Waals surface area (Å²) in [7, 11) is 1.63. The second-order valence-corrected chi connectivity index (χ2v) is 7.68. The number of likely N-dealkylation sites (tertiary alicyclic amines) is 1. The number of carbonyl (C=O) groups excluding carboxylic acids is 1. The van der Waals surface area contributed by atoms with Gasteiger partial charge >= 0.3 is 0 Å². The van der Waals surface area contributed by atoms with E-state index in [9.17, 15) is 4.79 Å². The quantitative estimate of drug-likeness (QED) is 0.836. The summed E-state index contributed by atoms with van der Waals surface area (Å²) in [6.07, 6.45) is 3.27. The van der Waals surface area contributed by atoms with Crippen LogP contribution < -0.4 is 14.8 Å². The van der Waals surface area contributed by atoms with Crippen molar-refractivity contribution in [1.82, 2.24) is 10.2 Å². The maximum absolute atomic E-state index is 12.7. The molecular formula is C23H28N2O3. The minimum absolute atomic E-state index is 0.0402. The summed E-state index contributed by atoms with van der Waals surface area (Å²) >= 11 is 0. The molecule has 2 aliphatic rings. The highest BCUT2D eigenvalue weighted by Gasteiger charge is 2.27. The van der Waals surface area contributed by atoms with Crippen LogP contribution in [0.15, 0.2) is 42.5 Å². The number of ether oxygens (including phenoxy) is 2. The molecule has 2 aromatic rings. The number of para-hydroxylation sites is 1. The number of nitrogens with zero attached hydrogens (tertiary/aromatic N) is 1. The van der Waals surface area contributed by atoms with Gasteiger partial charge in [0, 0.05) is 13.1 Å². The van der Waals surface area contributed by atoms with E-state index >= 15 is 0 Å². The van der Waals surface area contributed by atoms with Crippen molar-refractivity contribution in [2.75, 3.05) is 26.8 Å². The van der Waals surface area contributed by atoms with Crippen molar-refractivity contribution in [3.8, 4) is 11.5 Å². The fourth-order valence-corrected chi connectivity index (χ4v) is 4.09. The Balaban J connectivity index is 1.33. The monoisotopic (exact) mass is 380 g/mol. The highest BCUT2D eigenvalue weighted by molar-refractivity contribution is 5.79. The molecule has 28 heavy (non-hydrogen) atoms. The Labute approximate surface area is 166 Å². The molecule has 5 heteroatoms. The second-order valence-electron chi connectivity index (χ2n) is 7.68. The molecule has 5 nitrogen and oxygen atoms in total. The van der Waals surface area contributed by atoms with Gasteiger partial charge in [0.05, 0.1) is 13.0 Å². The summed E-state index contributed by atoms with van der Waals surface area (Å²) in [5.74, 6) is 1.36. The van der Waals surface area contributed by atoms with Crippen LogP contribution in [0.5, 0.6) is 11.5 Å². The number of amides is 1. The van der Waals surface area contributed by atoms with Crippen LogP contribution >= 0.6 is 0 Å². The Morgan fingerprint density at radius 2 is 1.96 bits per heavy atom. The van der Waals surface area contributed by atoms with E-state index < -0.39 is 0 Å². The Morgan fingerprint density at radius 1 is 1.18 bits per heavy atom. The standard InChI is InChI=1S/C23H28N2O3/c1-27-21-9-5-8-19-13-20(16-28-22(19)21)23(26)24-14-17-6-4-7-18(12-17)15-25-10-2-3-11-25/h4-9,12,20H,2-3,10-11,13-16H2,1H3,(H,24,26). The summed E-state index contributed by atoms with van der Waals surface area (Å²) in [6.45, 7) is 4.31. The first-order valence-electron chi connectivity index (χ1n) is 10.1. The summed E-state index contributed by atoms with van der Waals surface area (Å²) in [5.41, 5.74) is 3.48. The molecule has 1 fully saturated rings. The molecule has 0 bridgehead atoms. The van der Waals surface area contributed by atoms with Crippen LogP contribution in [-0.4, -0.2) is 37.6 Å². The van der Waals surface area contributed by atoms with Crippen molar-refractivity contribution < 1.29 is 14.3 Å². The number of hydrogen-bond acceptors (Lipinski definition) is 4. The molecule has 1 unspecified atom stereocenters. The summed E-state index contributed by atoms with van der Waals surface area (Å²) in [4.78, 5) is 15.2. The number of fused-ring (bicyclic) bond motifs is 1. The van der Waals surface area contributed by atoms with Crippen molar-refractivity contribution in [3.63, 3.8) is 0 Å². The first kappa shape index (κ1) is 18.8. The van der Waals surface area contributed by atoms with Crippen molar-refractivity contribution in [2.24, 2.45) is 5.92 Å². The van der Waals surface area contributed by atoms with Crippen LogP contribution in [0, 0.1) is 5.92 Å². The lowest BCUT2D eigenvalue weighted by atomic mass is 9.95.